The summed E-state index contributed by atoms with van der Waals surface area (Å²) >= 11 is 0. The second-order valence-corrected chi connectivity index (χ2v) is 6.14. The van der Waals surface area contributed by atoms with E-state index in [1.165, 1.54) is 25.1 Å². The molecule has 2 aromatic heterocycles. The molecule has 4 rings (SSSR count). The van der Waals surface area contributed by atoms with Gasteiger partial charge < -0.3 is 14.8 Å². The first kappa shape index (κ1) is 17.4. The molecule has 1 N–H and O–H groups in total. The number of hydrogen-bond donors (Lipinski definition) is 1. The molecule has 0 spiro atoms. The summed E-state index contributed by atoms with van der Waals surface area (Å²) in [4.78, 5) is 11.6. The van der Waals surface area contributed by atoms with E-state index in [0.29, 0.717) is 17.2 Å². The molecule has 142 valence electrons. The van der Waals surface area contributed by atoms with E-state index in [9.17, 15) is 13.2 Å². The Morgan fingerprint density at radius 1 is 1.11 bits per heavy atom. The fourth-order valence-corrected chi connectivity index (χ4v) is 2.71. The molecule has 27 heavy (non-hydrogen) atoms. The minimum absolute atomic E-state index is 0.0627. The molecule has 0 bridgehead atoms. The van der Waals surface area contributed by atoms with Crippen molar-refractivity contribution in [3.8, 4) is 17.2 Å². The third kappa shape index (κ3) is 3.22. The number of halogens is 3. The number of anilines is 1. The highest BCUT2D eigenvalue weighted by molar-refractivity contribution is 5.84. The second-order valence-electron chi connectivity index (χ2n) is 6.14. The van der Waals surface area contributed by atoms with E-state index < -0.39 is 12.0 Å². The van der Waals surface area contributed by atoms with E-state index in [4.69, 9.17) is 9.47 Å². The van der Waals surface area contributed by atoms with Crippen molar-refractivity contribution in [3.63, 3.8) is 0 Å². The number of nitrogens with zero attached hydrogens (tertiary/aromatic N) is 4. The van der Waals surface area contributed by atoms with Gasteiger partial charge in [0.15, 0.2) is 28.5 Å². The summed E-state index contributed by atoms with van der Waals surface area (Å²) in [6, 6.07) is 5.11. The van der Waals surface area contributed by atoms with Crippen LogP contribution in [0.15, 0.2) is 24.5 Å². The number of methoxy groups -OCH3 is 2. The van der Waals surface area contributed by atoms with E-state index >= 15 is 0 Å². The van der Waals surface area contributed by atoms with Crippen LogP contribution in [0.4, 0.5) is 19.0 Å². The maximum Gasteiger partial charge on any atom is 0.451 e. The summed E-state index contributed by atoms with van der Waals surface area (Å²) in [6.45, 7) is 0. The highest BCUT2D eigenvalue weighted by atomic mass is 19.4. The van der Waals surface area contributed by atoms with E-state index in [1.54, 1.807) is 18.2 Å². The standard InChI is InChI=1S/C17H16F3N5O2/c1-26-11-6-5-10(7-12(11)27-2)25-8-21-13-14(22-9-3-4-9)23-16(17(18,19)20)24-15(13)25/h5-9H,3-4H2,1-2H3,(H,22,23,24). The number of ether oxygens (including phenoxy) is 2. The molecule has 0 unspecified atom stereocenters. The smallest absolute Gasteiger partial charge is 0.451 e. The lowest BCUT2D eigenvalue weighted by Crippen LogP contribution is -2.15. The van der Waals surface area contributed by atoms with Crippen molar-refractivity contribution in [2.24, 2.45) is 0 Å². The average Bonchev–Trinajstić information content (AvgIpc) is 3.35. The van der Waals surface area contributed by atoms with Crippen molar-refractivity contribution in [2.45, 2.75) is 25.1 Å². The van der Waals surface area contributed by atoms with Crippen LogP contribution < -0.4 is 14.8 Å². The highest BCUT2D eigenvalue weighted by Crippen LogP contribution is 2.34. The molecule has 1 aromatic carbocycles. The highest BCUT2D eigenvalue weighted by Gasteiger charge is 2.37. The van der Waals surface area contributed by atoms with Crippen LogP contribution in [0.25, 0.3) is 16.9 Å². The van der Waals surface area contributed by atoms with Gasteiger partial charge in [-0.05, 0) is 25.0 Å². The Hall–Kier alpha value is -3.04. The van der Waals surface area contributed by atoms with Crippen LogP contribution in [-0.4, -0.2) is 39.8 Å². The Bertz CT molecular complexity index is 998. The molecule has 0 aliphatic heterocycles. The van der Waals surface area contributed by atoms with Gasteiger partial charge in [-0.25, -0.2) is 15.0 Å². The van der Waals surface area contributed by atoms with Crippen molar-refractivity contribution < 1.29 is 22.6 Å². The lowest BCUT2D eigenvalue weighted by Gasteiger charge is -2.12. The fourth-order valence-electron chi connectivity index (χ4n) is 2.71. The van der Waals surface area contributed by atoms with Crippen molar-refractivity contribution in [1.29, 1.82) is 0 Å². The van der Waals surface area contributed by atoms with Gasteiger partial charge in [-0.2, -0.15) is 13.2 Å². The third-order valence-electron chi connectivity index (χ3n) is 4.21. The van der Waals surface area contributed by atoms with Gasteiger partial charge in [0.2, 0.25) is 5.82 Å². The Kier molecular flexibility index (Phi) is 4.05. The lowest BCUT2D eigenvalue weighted by molar-refractivity contribution is -0.144. The molecular formula is C17H16F3N5O2. The number of fused-ring (bicyclic) bond motifs is 1. The van der Waals surface area contributed by atoms with Crippen LogP contribution >= 0.6 is 0 Å². The monoisotopic (exact) mass is 379 g/mol. The van der Waals surface area contributed by atoms with Gasteiger partial charge in [0.05, 0.1) is 19.9 Å². The molecule has 1 aliphatic carbocycles. The molecule has 0 saturated heterocycles. The second kappa shape index (κ2) is 6.29. The van der Waals surface area contributed by atoms with Crippen LogP contribution in [0.3, 0.4) is 0 Å². The molecule has 1 fully saturated rings. The van der Waals surface area contributed by atoms with Crippen LogP contribution in [0.1, 0.15) is 18.7 Å². The molecule has 7 nitrogen and oxygen atoms in total. The zero-order chi connectivity index (χ0) is 19.2. The third-order valence-corrected chi connectivity index (χ3v) is 4.21. The largest absolute Gasteiger partial charge is 0.493 e. The Morgan fingerprint density at radius 2 is 1.85 bits per heavy atom. The summed E-state index contributed by atoms with van der Waals surface area (Å²) in [5, 5.41) is 3.01. The van der Waals surface area contributed by atoms with Crippen LogP contribution in [-0.2, 0) is 6.18 Å². The molecule has 2 heterocycles. The zero-order valence-electron chi connectivity index (χ0n) is 14.5. The van der Waals surface area contributed by atoms with Gasteiger partial charge in [0.25, 0.3) is 0 Å². The number of imidazole rings is 1. The zero-order valence-corrected chi connectivity index (χ0v) is 14.5. The molecule has 0 amide bonds. The number of alkyl halides is 3. The number of rotatable bonds is 5. The molecule has 1 aliphatic rings. The molecule has 3 aromatic rings. The molecule has 1 saturated carbocycles. The predicted molar refractivity (Wildman–Crippen MR) is 91.4 cm³/mol. The number of nitrogens with one attached hydrogen (secondary N) is 1. The van der Waals surface area contributed by atoms with Gasteiger partial charge in [-0.3, -0.25) is 4.57 Å². The van der Waals surface area contributed by atoms with Gasteiger partial charge in [0.1, 0.15) is 6.33 Å². The maximum atomic E-state index is 13.3. The van der Waals surface area contributed by atoms with Crippen LogP contribution in [0.5, 0.6) is 11.5 Å². The van der Waals surface area contributed by atoms with Crippen molar-refractivity contribution in [2.75, 3.05) is 19.5 Å². The Morgan fingerprint density at radius 3 is 2.48 bits per heavy atom. The number of hydrogen-bond acceptors (Lipinski definition) is 6. The van der Waals surface area contributed by atoms with Crippen LogP contribution in [0.2, 0.25) is 0 Å². The quantitative estimate of drug-likeness (QED) is 0.732. The normalized spacial score (nSPS) is 14.4. The van der Waals surface area contributed by atoms with E-state index in [-0.39, 0.29) is 23.0 Å². The molecule has 0 radical (unpaired) electrons. The molecule has 0 atom stereocenters. The predicted octanol–water partition coefficient (Wildman–Crippen LogP) is 3.43. The van der Waals surface area contributed by atoms with Crippen molar-refractivity contribution in [1.82, 2.24) is 19.5 Å². The summed E-state index contributed by atoms with van der Waals surface area (Å²) in [6.07, 6.45) is -1.47. The summed E-state index contributed by atoms with van der Waals surface area (Å²) in [5.74, 6) is -0.167. The number of benzene rings is 1. The van der Waals surface area contributed by atoms with E-state index in [2.05, 4.69) is 20.3 Å². The van der Waals surface area contributed by atoms with Gasteiger partial charge in [0, 0.05) is 12.1 Å². The maximum absolute atomic E-state index is 13.3. The Labute approximate surface area is 152 Å². The van der Waals surface area contributed by atoms with Crippen molar-refractivity contribution in [3.05, 3.63) is 30.4 Å². The minimum Gasteiger partial charge on any atom is -0.493 e. The van der Waals surface area contributed by atoms with E-state index in [0.717, 1.165) is 12.8 Å². The van der Waals surface area contributed by atoms with Gasteiger partial charge >= 0.3 is 6.18 Å². The van der Waals surface area contributed by atoms with Gasteiger partial charge in [-0.1, -0.05) is 0 Å². The first-order valence-electron chi connectivity index (χ1n) is 8.22. The summed E-state index contributed by atoms with van der Waals surface area (Å²) in [5.41, 5.74) is 0.886. The van der Waals surface area contributed by atoms with Crippen LogP contribution in [0, 0.1) is 0 Å². The first-order chi connectivity index (χ1) is 12.9. The molecular weight excluding hydrogens is 363 g/mol. The number of aromatic nitrogens is 4. The Balaban J connectivity index is 1.89. The fraction of sp³-hybridized carbons (Fsp3) is 0.353. The van der Waals surface area contributed by atoms with Gasteiger partial charge in [-0.15, -0.1) is 0 Å². The summed E-state index contributed by atoms with van der Waals surface area (Å²) in [7, 11) is 2.98. The first-order valence-corrected chi connectivity index (χ1v) is 8.22. The molecule has 10 heteroatoms. The lowest BCUT2D eigenvalue weighted by atomic mass is 10.2. The average molecular weight is 379 g/mol. The van der Waals surface area contributed by atoms with Crippen molar-refractivity contribution >= 4 is 17.0 Å². The minimum atomic E-state index is -4.67. The topological polar surface area (TPSA) is 74.1 Å². The summed E-state index contributed by atoms with van der Waals surface area (Å²) < 4.78 is 51.8. The SMILES string of the molecule is COc1ccc(-n2cnc3c(NC4CC4)nc(C(F)(F)F)nc32)cc1OC. The van der Waals surface area contributed by atoms with E-state index in [1.807, 2.05) is 0 Å².